The van der Waals surface area contributed by atoms with E-state index in [9.17, 15) is 0 Å². The van der Waals surface area contributed by atoms with Crippen molar-refractivity contribution in [1.29, 1.82) is 0 Å². The second kappa shape index (κ2) is 3.55. The summed E-state index contributed by atoms with van der Waals surface area (Å²) in [5.74, 6) is 0. The van der Waals surface area contributed by atoms with Crippen molar-refractivity contribution in [2.24, 2.45) is 5.41 Å². The fourth-order valence-electron chi connectivity index (χ4n) is 1.69. The number of methoxy groups -OCH3 is 1. The van der Waals surface area contributed by atoms with E-state index in [2.05, 4.69) is 13.8 Å². The minimum absolute atomic E-state index is 0.300. The Labute approximate surface area is 68.9 Å². The van der Waals surface area contributed by atoms with Crippen molar-refractivity contribution in [2.45, 2.75) is 32.8 Å². The molecule has 1 heterocycles. The maximum Gasteiger partial charge on any atom is 0.0887 e. The van der Waals surface area contributed by atoms with Crippen LogP contribution in [0.5, 0.6) is 0 Å². The minimum atomic E-state index is 0.300. The predicted molar refractivity (Wildman–Crippen MR) is 44.6 cm³/mol. The third-order valence-electron chi connectivity index (χ3n) is 2.86. The van der Waals surface area contributed by atoms with Crippen LogP contribution >= 0.6 is 0 Å². The van der Waals surface area contributed by atoms with Crippen molar-refractivity contribution in [3.63, 3.8) is 0 Å². The molecule has 2 heteroatoms. The van der Waals surface area contributed by atoms with Gasteiger partial charge in [-0.3, -0.25) is 0 Å². The van der Waals surface area contributed by atoms with Crippen molar-refractivity contribution < 1.29 is 9.47 Å². The van der Waals surface area contributed by atoms with E-state index in [-0.39, 0.29) is 0 Å². The summed E-state index contributed by atoms with van der Waals surface area (Å²) in [7, 11) is 1.77. The predicted octanol–water partition coefficient (Wildman–Crippen LogP) is 1.84. The molecule has 2 nitrogen and oxygen atoms in total. The molecule has 0 aromatic heterocycles. The second-order valence-electron chi connectivity index (χ2n) is 3.32. The van der Waals surface area contributed by atoms with E-state index in [1.165, 1.54) is 0 Å². The number of hydrogen-bond acceptors (Lipinski definition) is 2. The maximum absolute atomic E-state index is 5.33. The molecule has 0 saturated carbocycles. The monoisotopic (exact) mass is 158 g/mol. The first-order chi connectivity index (χ1) is 5.29. The first-order valence-corrected chi connectivity index (χ1v) is 4.39. The molecule has 1 aliphatic heterocycles. The third-order valence-corrected chi connectivity index (χ3v) is 2.86. The first kappa shape index (κ1) is 9.01. The van der Waals surface area contributed by atoms with Gasteiger partial charge in [-0.05, 0) is 12.8 Å². The molecule has 0 aromatic carbocycles. The van der Waals surface area contributed by atoms with Crippen LogP contribution in [0, 0.1) is 5.41 Å². The van der Waals surface area contributed by atoms with Crippen LogP contribution in [-0.2, 0) is 9.47 Å². The molecule has 0 spiro atoms. The van der Waals surface area contributed by atoms with E-state index in [0.717, 1.165) is 26.1 Å². The van der Waals surface area contributed by atoms with Crippen LogP contribution in [0.2, 0.25) is 0 Å². The van der Waals surface area contributed by atoms with E-state index in [0.29, 0.717) is 11.5 Å². The van der Waals surface area contributed by atoms with Gasteiger partial charge in [0.2, 0.25) is 0 Å². The fourth-order valence-corrected chi connectivity index (χ4v) is 1.69. The van der Waals surface area contributed by atoms with Gasteiger partial charge in [-0.2, -0.15) is 0 Å². The Bertz CT molecular complexity index is 115. The Hall–Kier alpha value is -0.0800. The van der Waals surface area contributed by atoms with Crippen LogP contribution in [-0.4, -0.2) is 26.4 Å². The van der Waals surface area contributed by atoms with E-state index in [1.54, 1.807) is 7.11 Å². The fraction of sp³-hybridized carbons (Fsp3) is 1.00. The molecule has 0 radical (unpaired) electrons. The average molecular weight is 158 g/mol. The van der Waals surface area contributed by atoms with Gasteiger partial charge in [0.05, 0.1) is 19.3 Å². The van der Waals surface area contributed by atoms with Gasteiger partial charge in [0.1, 0.15) is 0 Å². The molecule has 1 atom stereocenters. The van der Waals surface area contributed by atoms with Gasteiger partial charge in [-0.15, -0.1) is 0 Å². The molecule has 0 N–H and O–H groups in total. The van der Waals surface area contributed by atoms with Gasteiger partial charge in [0, 0.05) is 12.5 Å². The highest BCUT2D eigenvalue weighted by atomic mass is 16.6. The molecule has 0 amide bonds. The lowest BCUT2D eigenvalue weighted by Crippen LogP contribution is -2.31. The summed E-state index contributed by atoms with van der Waals surface area (Å²) in [5.41, 5.74) is 0.300. The normalized spacial score (nSPS) is 23.7. The smallest absolute Gasteiger partial charge is 0.0887 e. The number of ether oxygens (including phenoxy) is 2. The molecular formula is C9H18O2. The summed E-state index contributed by atoms with van der Waals surface area (Å²) >= 11 is 0. The van der Waals surface area contributed by atoms with Crippen molar-refractivity contribution in [3.05, 3.63) is 0 Å². The minimum Gasteiger partial charge on any atom is -0.384 e. The molecule has 1 aliphatic rings. The van der Waals surface area contributed by atoms with E-state index < -0.39 is 0 Å². The molecular weight excluding hydrogens is 140 g/mol. The summed E-state index contributed by atoms with van der Waals surface area (Å²) in [4.78, 5) is 0. The Morgan fingerprint density at radius 1 is 1.45 bits per heavy atom. The highest BCUT2D eigenvalue weighted by Gasteiger charge is 2.44. The summed E-state index contributed by atoms with van der Waals surface area (Å²) in [5, 5.41) is 0. The standard InChI is InChI=1S/C9H18O2/c1-4-9(5-2,7-10-3)8-6-11-8/h8H,4-7H2,1-3H3. The van der Waals surface area contributed by atoms with Crippen molar-refractivity contribution >= 4 is 0 Å². The first-order valence-electron chi connectivity index (χ1n) is 4.39. The summed E-state index contributed by atoms with van der Waals surface area (Å²) in [6.07, 6.45) is 2.78. The van der Waals surface area contributed by atoms with Crippen molar-refractivity contribution in [2.75, 3.05) is 20.3 Å². The Morgan fingerprint density at radius 3 is 2.27 bits per heavy atom. The molecule has 66 valence electrons. The van der Waals surface area contributed by atoms with Crippen LogP contribution in [0.4, 0.5) is 0 Å². The Balaban J connectivity index is 2.50. The zero-order valence-electron chi connectivity index (χ0n) is 7.72. The molecule has 0 aromatic rings. The molecule has 1 rings (SSSR count). The number of hydrogen-bond donors (Lipinski definition) is 0. The highest BCUT2D eigenvalue weighted by Crippen LogP contribution is 2.39. The van der Waals surface area contributed by atoms with Gasteiger partial charge in [0.15, 0.2) is 0 Å². The second-order valence-corrected chi connectivity index (χ2v) is 3.32. The third kappa shape index (κ3) is 1.74. The zero-order valence-corrected chi connectivity index (χ0v) is 7.72. The molecule has 1 saturated heterocycles. The lowest BCUT2D eigenvalue weighted by molar-refractivity contribution is 0.0484. The van der Waals surface area contributed by atoms with Crippen LogP contribution < -0.4 is 0 Å². The Kier molecular flexibility index (Phi) is 2.90. The molecule has 11 heavy (non-hydrogen) atoms. The van der Waals surface area contributed by atoms with Crippen LogP contribution in [0.3, 0.4) is 0 Å². The van der Waals surface area contributed by atoms with Crippen LogP contribution in [0.1, 0.15) is 26.7 Å². The highest BCUT2D eigenvalue weighted by molar-refractivity contribution is 4.91. The SMILES string of the molecule is CCC(CC)(COC)C1CO1. The van der Waals surface area contributed by atoms with Gasteiger partial charge >= 0.3 is 0 Å². The average Bonchev–Trinajstić information content (AvgIpc) is 2.83. The summed E-state index contributed by atoms with van der Waals surface area (Å²) in [6.45, 7) is 6.20. The van der Waals surface area contributed by atoms with Crippen molar-refractivity contribution in [1.82, 2.24) is 0 Å². The lowest BCUT2D eigenvalue weighted by atomic mass is 9.80. The van der Waals surface area contributed by atoms with Gasteiger partial charge in [0.25, 0.3) is 0 Å². The summed E-state index contributed by atoms with van der Waals surface area (Å²) in [6, 6.07) is 0. The topological polar surface area (TPSA) is 21.8 Å². The molecule has 1 unspecified atom stereocenters. The maximum atomic E-state index is 5.33. The molecule has 0 aliphatic carbocycles. The quantitative estimate of drug-likeness (QED) is 0.569. The number of rotatable bonds is 5. The van der Waals surface area contributed by atoms with E-state index >= 15 is 0 Å². The molecule has 0 bridgehead atoms. The van der Waals surface area contributed by atoms with Crippen LogP contribution in [0.15, 0.2) is 0 Å². The number of epoxide rings is 1. The van der Waals surface area contributed by atoms with Gasteiger partial charge in [-0.25, -0.2) is 0 Å². The molecule has 1 fully saturated rings. The zero-order chi connectivity index (χ0) is 8.32. The van der Waals surface area contributed by atoms with E-state index in [1.807, 2.05) is 0 Å². The van der Waals surface area contributed by atoms with E-state index in [4.69, 9.17) is 9.47 Å². The van der Waals surface area contributed by atoms with Crippen molar-refractivity contribution in [3.8, 4) is 0 Å². The van der Waals surface area contributed by atoms with Gasteiger partial charge in [-0.1, -0.05) is 13.8 Å². The summed E-state index contributed by atoms with van der Waals surface area (Å²) < 4.78 is 10.5. The Morgan fingerprint density at radius 2 is 2.00 bits per heavy atom. The van der Waals surface area contributed by atoms with Gasteiger partial charge < -0.3 is 9.47 Å². The lowest BCUT2D eigenvalue weighted by Gasteiger charge is -2.28. The largest absolute Gasteiger partial charge is 0.384 e. The van der Waals surface area contributed by atoms with Crippen LogP contribution in [0.25, 0.3) is 0 Å².